The Bertz CT molecular complexity index is 1410. The number of ether oxygens (including phenoxy) is 1. The van der Waals surface area contributed by atoms with E-state index in [-0.39, 0.29) is 28.3 Å². The first-order valence-electron chi connectivity index (χ1n) is 11.9. The predicted molar refractivity (Wildman–Crippen MR) is 134 cm³/mol. The lowest BCUT2D eigenvalue weighted by Crippen LogP contribution is -2.29. The Hall–Kier alpha value is -4.14. The number of nitrogens with zero attached hydrogens (tertiary/aromatic N) is 1. The summed E-state index contributed by atoms with van der Waals surface area (Å²) >= 11 is 0. The summed E-state index contributed by atoms with van der Waals surface area (Å²) in [5.74, 6) is -2.69. The van der Waals surface area contributed by atoms with E-state index in [1.807, 2.05) is 20.8 Å². The van der Waals surface area contributed by atoms with Crippen LogP contribution in [0.5, 0.6) is 5.75 Å². The van der Waals surface area contributed by atoms with Gasteiger partial charge in [0.1, 0.15) is 17.3 Å². The highest BCUT2D eigenvalue weighted by Crippen LogP contribution is 2.44. The first-order valence-corrected chi connectivity index (χ1v) is 11.9. The van der Waals surface area contributed by atoms with E-state index >= 15 is 0 Å². The van der Waals surface area contributed by atoms with Gasteiger partial charge in [-0.2, -0.15) is 13.2 Å². The highest BCUT2D eigenvalue weighted by molar-refractivity contribution is 6.51. The molecule has 198 valence electrons. The lowest BCUT2D eigenvalue weighted by molar-refractivity contribution is -0.137. The molecule has 3 aromatic carbocycles. The summed E-state index contributed by atoms with van der Waals surface area (Å²) in [5.41, 5.74) is -0.308. The second kappa shape index (κ2) is 10.3. The lowest BCUT2D eigenvalue weighted by atomic mass is 9.93. The number of aliphatic hydroxyl groups is 1. The molecule has 0 aromatic heterocycles. The van der Waals surface area contributed by atoms with E-state index in [0.717, 1.165) is 40.8 Å². The molecule has 1 unspecified atom stereocenters. The number of ketones is 1. The van der Waals surface area contributed by atoms with E-state index in [0.29, 0.717) is 12.4 Å². The molecule has 1 heterocycles. The molecule has 0 spiro atoms. The minimum atomic E-state index is -4.69. The lowest BCUT2D eigenvalue weighted by Gasteiger charge is -2.26. The Balaban J connectivity index is 1.94. The first-order chi connectivity index (χ1) is 17.9. The fourth-order valence-electron chi connectivity index (χ4n) is 4.48. The van der Waals surface area contributed by atoms with Gasteiger partial charge in [-0.15, -0.1) is 0 Å². The molecule has 0 aliphatic carbocycles. The van der Waals surface area contributed by atoms with Crippen molar-refractivity contribution in [3.63, 3.8) is 0 Å². The minimum absolute atomic E-state index is 0.00952. The largest absolute Gasteiger partial charge is 0.507 e. The summed E-state index contributed by atoms with van der Waals surface area (Å²) in [7, 11) is 0. The second-order valence-corrected chi connectivity index (χ2v) is 9.11. The Morgan fingerprint density at radius 2 is 1.71 bits per heavy atom. The zero-order valence-corrected chi connectivity index (χ0v) is 20.8. The number of Topliss-reactive ketones (excluding diaryl/α,β-unsaturated/α-hetero) is 1. The number of rotatable bonds is 6. The number of carbonyl (C=O) groups is 2. The smallest absolute Gasteiger partial charge is 0.416 e. The molecule has 3 aromatic rings. The number of aliphatic hydroxyl groups excluding tert-OH is 1. The molecular formula is C29H25F4NO4. The second-order valence-electron chi connectivity index (χ2n) is 9.11. The van der Waals surface area contributed by atoms with Crippen LogP contribution in [0, 0.1) is 5.82 Å². The standard InChI is InChI=1S/C29H25F4NO4/c1-4-38-23-13-10-18(14-22(23)16(2)3)26(35)24-25(17-8-11-20(30)12-9-17)34(28(37)27(24)36)21-7-5-6-19(15-21)29(31,32)33/h5-16,25,35H,4H2,1-3H3/b26-24-. The molecule has 1 atom stereocenters. The zero-order chi connectivity index (χ0) is 27.8. The zero-order valence-electron chi connectivity index (χ0n) is 20.8. The van der Waals surface area contributed by atoms with Gasteiger partial charge in [0.05, 0.1) is 23.8 Å². The van der Waals surface area contributed by atoms with Crippen LogP contribution in [0.25, 0.3) is 5.76 Å². The average Bonchev–Trinajstić information content (AvgIpc) is 3.14. The van der Waals surface area contributed by atoms with Gasteiger partial charge >= 0.3 is 6.18 Å². The Kier molecular flexibility index (Phi) is 7.31. The molecule has 1 aliphatic heterocycles. The van der Waals surface area contributed by atoms with Crippen LogP contribution in [-0.4, -0.2) is 23.4 Å². The van der Waals surface area contributed by atoms with Crippen molar-refractivity contribution in [1.29, 1.82) is 0 Å². The highest BCUT2D eigenvalue weighted by atomic mass is 19.4. The Morgan fingerprint density at radius 1 is 1.03 bits per heavy atom. The third-order valence-electron chi connectivity index (χ3n) is 6.29. The molecule has 9 heteroatoms. The van der Waals surface area contributed by atoms with Crippen molar-refractivity contribution in [1.82, 2.24) is 0 Å². The molecule has 0 saturated carbocycles. The first kappa shape index (κ1) is 26.9. The van der Waals surface area contributed by atoms with Crippen LogP contribution in [0.3, 0.4) is 0 Å². The van der Waals surface area contributed by atoms with Gasteiger partial charge in [-0.05, 0) is 72.5 Å². The predicted octanol–water partition coefficient (Wildman–Crippen LogP) is 6.99. The van der Waals surface area contributed by atoms with Crippen molar-refractivity contribution in [3.05, 3.63) is 100 Å². The summed E-state index contributed by atoms with van der Waals surface area (Å²) in [5, 5.41) is 11.4. The van der Waals surface area contributed by atoms with Gasteiger partial charge in [0, 0.05) is 11.3 Å². The SMILES string of the molecule is CCOc1ccc(/C(O)=C2/C(=O)C(=O)N(c3cccc(C(F)(F)F)c3)C2c2ccc(F)cc2)cc1C(C)C. The Morgan fingerprint density at radius 3 is 2.32 bits per heavy atom. The van der Waals surface area contributed by atoms with E-state index < -0.39 is 41.0 Å². The monoisotopic (exact) mass is 527 g/mol. The topological polar surface area (TPSA) is 66.8 Å². The molecule has 1 saturated heterocycles. The van der Waals surface area contributed by atoms with Gasteiger partial charge in [-0.1, -0.05) is 32.0 Å². The van der Waals surface area contributed by atoms with Crippen LogP contribution < -0.4 is 9.64 Å². The normalized spacial score (nSPS) is 17.4. The maximum absolute atomic E-state index is 13.7. The third-order valence-corrected chi connectivity index (χ3v) is 6.29. The van der Waals surface area contributed by atoms with E-state index in [9.17, 15) is 32.3 Å². The number of carbonyl (C=O) groups excluding carboxylic acids is 2. The third kappa shape index (κ3) is 5.01. The fourth-order valence-corrected chi connectivity index (χ4v) is 4.48. The van der Waals surface area contributed by atoms with Gasteiger partial charge in [-0.25, -0.2) is 4.39 Å². The summed E-state index contributed by atoms with van der Waals surface area (Å²) in [6, 6.07) is 12.4. The van der Waals surface area contributed by atoms with Crippen LogP contribution in [0.1, 0.15) is 55.0 Å². The maximum Gasteiger partial charge on any atom is 0.416 e. The summed E-state index contributed by atoms with van der Waals surface area (Å²) in [6.07, 6.45) is -4.69. The van der Waals surface area contributed by atoms with Gasteiger partial charge in [0.25, 0.3) is 11.7 Å². The molecule has 1 amide bonds. The van der Waals surface area contributed by atoms with Crippen molar-refractivity contribution in [3.8, 4) is 5.75 Å². The molecule has 1 fully saturated rings. The van der Waals surface area contributed by atoms with Crippen molar-refractivity contribution in [2.45, 2.75) is 38.9 Å². The van der Waals surface area contributed by atoms with Crippen LogP contribution in [0.15, 0.2) is 72.3 Å². The summed E-state index contributed by atoms with van der Waals surface area (Å²) in [6.45, 7) is 6.09. The van der Waals surface area contributed by atoms with Crippen molar-refractivity contribution >= 4 is 23.1 Å². The number of halogens is 4. The van der Waals surface area contributed by atoms with Crippen LogP contribution in [0.4, 0.5) is 23.2 Å². The molecule has 4 rings (SSSR count). The highest BCUT2D eigenvalue weighted by Gasteiger charge is 2.47. The number of anilines is 1. The number of hydrogen-bond donors (Lipinski definition) is 1. The van der Waals surface area contributed by atoms with Crippen molar-refractivity contribution in [2.75, 3.05) is 11.5 Å². The van der Waals surface area contributed by atoms with Gasteiger partial charge in [0.2, 0.25) is 0 Å². The van der Waals surface area contributed by atoms with E-state index in [1.54, 1.807) is 12.1 Å². The van der Waals surface area contributed by atoms with Crippen molar-refractivity contribution < 1.29 is 37.0 Å². The number of amides is 1. The molecule has 38 heavy (non-hydrogen) atoms. The van der Waals surface area contributed by atoms with Gasteiger partial charge in [-0.3, -0.25) is 14.5 Å². The maximum atomic E-state index is 13.7. The number of hydrogen-bond acceptors (Lipinski definition) is 4. The molecule has 0 radical (unpaired) electrons. The summed E-state index contributed by atoms with van der Waals surface area (Å²) in [4.78, 5) is 27.4. The molecule has 1 N–H and O–H groups in total. The van der Waals surface area contributed by atoms with E-state index in [2.05, 4.69) is 0 Å². The van der Waals surface area contributed by atoms with Crippen LogP contribution >= 0.6 is 0 Å². The van der Waals surface area contributed by atoms with Crippen LogP contribution in [-0.2, 0) is 15.8 Å². The molecule has 1 aliphatic rings. The Labute approximate surface area is 217 Å². The summed E-state index contributed by atoms with van der Waals surface area (Å²) < 4.78 is 59.7. The quantitative estimate of drug-likeness (QED) is 0.162. The fraction of sp³-hybridized carbons (Fsp3) is 0.241. The van der Waals surface area contributed by atoms with Gasteiger partial charge in [0.15, 0.2) is 0 Å². The average molecular weight is 528 g/mol. The number of alkyl halides is 3. The van der Waals surface area contributed by atoms with E-state index in [4.69, 9.17) is 4.74 Å². The molecule has 0 bridgehead atoms. The minimum Gasteiger partial charge on any atom is -0.507 e. The van der Waals surface area contributed by atoms with Crippen LogP contribution in [0.2, 0.25) is 0 Å². The van der Waals surface area contributed by atoms with E-state index in [1.165, 1.54) is 24.3 Å². The molecular weight excluding hydrogens is 502 g/mol. The number of benzene rings is 3. The molecule has 5 nitrogen and oxygen atoms in total. The van der Waals surface area contributed by atoms with Crippen molar-refractivity contribution in [2.24, 2.45) is 0 Å². The van der Waals surface area contributed by atoms with Gasteiger partial charge < -0.3 is 9.84 Å².